The third kappa shape index (κ3) is 4.52. The average molecular weight is 799 g/mol. The molecular weight excluding hydrogens is 761 g/mol. The van der Waals surface area contributed by atoms with Crippen LogP contribution in [0.3, 0.4) is 0 Å². The number of rotatable bonds is 4. The highest BCUT2D eigenvalue weighted by molar-refractivity contribution is 6.22. The lowest BCUT2D eigenvalue weighted by Gasteiger charge is -2.31. The Bertz CT molecular complexity index is 3780. The fraction of sp³-hybridized carbons (Fsp3) is 0.0164. The van der Waals surface area contributed by atoms with Crippen LogP contribution in [0.25, 0.3) is 99.5 Å². The summed E-state index contributed by atoms with van der Waals surface area (Å²) in [6.45, 7) is 0. The van der Waals surface area contributed by atoms with Crippen molar-refractivity contribution in [3.63, 3.8) is 0 Å². The molecule has 0 amide bonds. The maximum absolute atomic E-state index is 2.60. The summed E-state index contributed by atoms with van der Waals surface area (Å²) in [6, 6.07) is 85.8. The topological polar surface area (TPSA) is 9.86 Å². The summed E-state index contributed by atoms with van der Waals surface area (Å²) in [7, 11) is 0. The van der Waals surface area contributed by atoms with E-state index in [0.29, 0.717) is 0 Å². The number of benzene rings is 10. The molecule has 63 heavy (non-hydrogen) atoms. The summed E-state index contributed by atoms with van der Waals surface area (Å²) in [6.07, 6.45) is 0. The summed E-state index contributed by atoms with van der Waals surface area (Å²) in [5, 5.41) is 5.00. The molecule has 0 aliphatic heterocycles. The zero-order valence-electron chi connectivity index (χ0n) is 34.3. The van der Waals surface area contributed by atoms with E-state index in [-0.39, 0.29) is 0 Å². The number of hydrogen-bond donors (Lipinski definition) is 0. The second kappa shape index (κ2) is 12.9. The zero-order chi connectivity index (χ0) is 41.2. The smallest absolute Gasteiger partial charge is 0.0746 e. The molecule has 2 aliphatic carbocycles. The molecule has 10 aromatic carbocycles. The first-order valence-corrected chi connectivity index (χ1v) is 21.9. The third-order valence-corrected chi connectivity index (χ3v) is 14.1. The Kier molecular flexibility index (Phi) is 7.07. The van der Waals surface area contributed by atoms with Gasteiger partial charge in [0.15, 0.2) is 0 Å². The van der Waals surface area contributed by atoms with Crippen molar-refractivity contribution in [3.8, 4) is 55.9 Å². The lowest BCUT2D eigenvalue weighted by molar-refractivity contribution is 0.797. The van der Waals surface area contributed by atoms with E-state index in [1.807, 2.05) is 0 Å². The highest BCUT2D eigenvalue weighted by Crippen LogP contribution is 2.64. The molecule has 0 saturated carbocycles. The third-order valence-electron chi connectivity index (χ3n) is 14.1. The van der Waals surface area contributed by atoms with Gasteiger partial charge < -0.3 is 9.13 Å². The van der Waals surface area contributed by atoms with E-state index in [0.717, 1.165) is 11.4 Å². The largest absolute Gasteiger partial charge is 0.309 e. The van der Waals surface area contributed by atoms with Crippen molar-refractivity contribution < 1.29 is 0 Å². The van der Waals surface area contributed by atoms with Crippen molar-refractivity contribution in [3.05, 3.63) is 253 Å². The molecule has 0 bridgehead atoms. The maximum Gasteiger partial charge on any atom is 0.0746 e. The van der Waals surface area contributed by atoms with E-state index < -0.39 is 5.41 Å². The van der Waals surface area contributed by atoms with E-state index in [9.17, 15) is 0 Å². The van der Waals surface area contributed by atoms with Crippen LogP contribution in [0, 0.1) is 0 Å². The first-order chi connectivity index (χ1) is 31.3. The first-order valence-electron chi connectivity index (χ1n) is 21.9. The number of nitrogens with zero attached hydrogens (tertiary/aromatic N) is 2. The van der Waals surface area contributed by atoms with Gasteiger partial charge in [-0.1, -0.05) is 194 Å². The predicted octanol–water partition coefficient (Wildman–Crippen LogP) is 15.6. The Morgan fingerprint density at radius 2 is 0.794 bits per heavy atom. The van der Waals surface area contributed by atoms with Crippen LogP contribution in [0.1, 0.15) is 22.3 Å². The molecule has 2 heterocycles. The van der Waals surface area contributed by atoms with E-state index in [1.165, 1.54) is 110 Å². The Hall–Kier alpha value is -8.20. The normalized spacial score (nSPS) is 13.2. The van der Waals surface area contributed by atoms with Crippen LogP contribution in [-0.2, 0) is 5.41 Å². The SMILES string of the molecule is c1ccc(-c2cccc(-n3c4cccc(-c5cccc6c7ccccc7n(-c7ccccc7)c56)c4c4ccc5c(c43)C3(c4ccccc4-c4ccccc43)c3ccccc3-5)c2)cc1. The second-order valence-electron chi connectivity index (χ2n) is 17.1. The monoisotopic (exact) mass is 798 g/mol. The van der Waals surface area contributed by atoms with Gasteiger partial charge in [-0.25, -0.2) is 0 Å². The molecule has 0 N–H and O–H groups in total. The lowest BCUT2D eigenvalue weighted by atomic mass is 9.70. The highest BCUT2D eigenvalue weighted by Gasteiger charge is 2.53. The van der Waals surface area contributed by atoms with Crippen molar-refractivity contribution in [2.24, 2.45) is 0 Å². The van der Waals surface area contributed by atoms with Gasteiger partial charge in [0, 0.05) is 44.0 Å². The Balaban J connectivity index is 1.18. The Labute approximate surface area is 365 Å². The summed E-state index contributed by atoms with van der Waals surface area (Å²) >= 11 is 0. The Morgan fingerprint density at radius 1 is 0.286 bits per heavy atom. The fourth-order valence-electron chi connectivity index (χ4n) is 11.8. The molecular formula is C61H38N2. The second-order valence-corrected chi connectivity index (χ2v) is 17.1. The highest BCUT2D eigenvalue weighted by atomic mass is 15.0. The van der Waals surface area contributed by atoms with Crippen LogP contribution in [0.4, 0.5) is 0 Å². The minimum atomic E-state index is -0.526. The molecule has 1 spiro atoms. The van der Waals surface area contributed by atoms with Gasteiger partial charge in [-0.15, -0.1) is 0 Å². The molecule has 0 saturated heterocycles. The zero-order valence-corrected chi connectivity index (χ0v) is 34.3. The van der Waals surface area contributed by atoms with Gasteiger partial charge in [0.2, 0.25) is 0 Å². The van der Waals surface area contributed by atoms with Crippen LogP contribution < -0.4 is 0 Å². The van der Waals surface area contributed by atoms with Crippen LogP contribution in [0.15, 0.2) is 231 Å². The number of para-hydroxylation sites is 3. The van der Waals surface area contributed by atoms with Crippen molar-refractivity contribution in [1.29, 1.82) is 0 Å². The minimum absolute atomic E-state index is 0.526. The molecule has 0 fully saturated rings. The summed E-state index contributed by atoms with van der Waals surface area (Å²) in [4.78, 5) is 0. The van der Waals surface area contributed by atoms with Crippen LogP contribution in [-0.4, -0.2) is 9.13 Å². The predicted molar refractivity (Wildman–Crippen MR) is 262 cm³/mol. The standard InChI is InChI=1S/C61H38N2/c1-3-18-39(19-4-1)40-20-15-23-42(38-40)63-56-35-17-28-47(50-30-16-29-49-46-27-10-14-34-55(46)62(59(49)50)41-21-5-2-6-22-41)57(56)51-37-36-48-45-26-9-13-33-54(45)61(58(48)60(51)63)52-31-11-7-24-43(52)44-25-8-12-32-53(44)61/h1-38H. The van der Waals surface area contributed by atoms with E-state index in [4.69, 9.17) is 0 Å². The van der Waals surface area contributed by atoms with E-state index in [1.54, 1.807) is 0 Å². The minimum Gasteiger partial charge on any atom is -0.309 e. The summed E-state index contributed by atoms with van der Waals surface area (Å²) < 4.78 is 5.07. The van der Waals surface area contributed by atoms with Gasteiger partial charge in [-0.2, -0.15) is 0 Å². The number of aromatic nitrogens is 2. The molecule has 2 aromatic heterocycles. The number of fused-ring (bicyclic) bond motifs is 17. The van der Waals surface area contributed by atoms with Crippen LogP contribution >= 0.6 is 0 Å². The van der Waals surface area contributed by atoms with Gasteiger partial charge >= 0.3 is 0 Å². The van der Waals surface area contributed by atoms with Gasteiger partial charge in [-0.05, 0) is 92.0 Å². The van der Waals surface area contributed by atoms with Crippen LogP contribution in [0.2, 0.25) is 0 Å². The summed E-state index contributed by atoms with van der Waals surface area (Å²) in [5.74, 6) is 0. The average Bonchev–Trinajstić information content (AvgIpc) is 4.07. The molecule has 0 radical (unpaired) electrons. The van der Waals surface area contributed by atoms with Crippen LogP contribution in [0.5, 0.6) is 0 Å². The van der Waals surface area contributed by atoms with Gasteiger partial charge in [0.25, 0.3) is 0 Å². The van der Waals surface area contributed by atoms with Crippen molar-refractivity contribution in [2.45, 2.75) is 5.41 Å². The molecule has 0 atom stereocenters. The maximum atomic E-state index is 2.60. The molecule has 2 heteroatoms. The molecule has 2 aliphatic rings. The summed E-state index contributed by atoms with van der Waals surface area (Å²) in [5.41, 5.74) is 22.0. The molecule has 292 valence electrons. The van der Waals surface area contributed by atoms with E-state index >= 15 is 0 Å². The van der Waals surface area contributed by atoms with Crippen molar-refractivity contribution in [2.75, 3.05) is 0 Å². The lowest BCUT2D eigenvalue weighted by Crippen LogP contribution is -2.26. The molecule has 2 nitrogen and oxygen atoms in total. The van der Waals surface area contributed by atoms with Gasteiger partial charge in [0.05, 0.1) is 27.5 Å². The van der Waals surface area contributed by atoms with Crippen molar-refractivity contribution >= 4 is 43.6 Å². The Morgan fingerprint density at radius 3 is 1.54 bits per heavy atom. The van der Waals surface area contributed by atoms with Gasteiger partial charge in [-0.3, -0.25) is 0 Å². The van der Waals surface area contributed by atoms with E-state index in [2.05, 4.69) is 240 Å². The fourth-order valence-corrected chi connectivity index (χ4v) is 11.8. The van der Waals surface area contributed by atoms with Gasteiger partial charge in [0.1, 0.15) is 0 Å². The molecule has 12 aromatic rings. The quantitative estimate of drug-likeness (QED) is 0.168. The number of hydrogen-bond acceptors (Lipinski definition) is 0. The van der Waals surface area contributed by atoms with Crippen molar-refractivity contribution in [1.82, 2.24) is 9.13 Å². The first kappa shape index (κ1) is 34.5. The molecule has 14 rings (SSSR count). The molecule has 0 unspecified atom stereocenters.